The van der Waals surface area contributed by atoms with Gasteiger partial charge in [0.05, 0.1) is 23.3 Å². The fraction of sp³-hybridized carbons (Fsp3) is 0.353. The summed E-state index contributed by atoms with van der Waals surface area (Å²) in [5, 5.41) is 4.02. The van der Waals surface area contributed by atoms with E-state index in [2.05, 4.69) is 29.0 Å². The van der Waals surface area contributed by atoms with E-state index in [9.17, 15) is 4.79 Å². The van der Waals surface area contributed by atoms with Gasteiger partial charge in [-0.1, -0.05) is 19.0 Å². The van der Waals surface area contributed by atoms with Gasteiger partial charge in [0.2, 0.25) is 0 Å². The van der Waals surface area contributed by atoms with Crippen molar-refractivity contribution in [1.82, 2.24) is 20.0 Å². The summed E-state index contributed by atoms with van der Waals surface area (Å²) < 4.78 is 5.30. The van der Waals surface area contributed by atoms with Crippen LogP contribution in [0.2, 0.25) is 0 Å². The number of hydrogen-bond donors (Lipinski definition) is 1. The summed E-state index contributed by atoms with van der Waals surface area (Å²) in [5.41, 5.74) is 3.24. The third-order valence-corrected chi connectivity index (χ3v) is 3.76. The van der Waals surface area contributed by atoms with Crippen molar-refractivity contribution in [3.63, 3.8) is 0 Å². The Labute approximate surface area is 134 Å². The smallest absolute Gasteiger partial charge is 0.254 e. The molecule has 0 radical (unpaired) electrons. The molecule has 0 atom stereocenters. The molecule has 2 heterocycles. The normalized spacial score (nSPS) is 11.3. The third-order valence-electron chi connectivity index (χ3n) is 3.76. The molecule has 0 aliphatic heterocycles. The Morgan fingerprint density at radius 1 is 1.35 bits per heavy atom. The van der Waals surface area contributed by atoms with Crippen molar-refractivity contribution in [3.8, 4) is 0 Å². The van der Waals surface area contributed by atoms with E-state index in [0.717, 1.165) is 22.6 Å². The number of aromatic amines is 1. The first-order valence-electron chi connectivity index (χ1n) is 7.61. The second-order valence-electron chi connectivity index (χ2n) is 6.09. The van der Waals surface area contributed by atoms with Gasteiger partial charge >= 0.3 is 0 Å². The molecular weight excluding hydrogens is 292 g/mol. The van der Waals surface area contributed by atoms with Gasteiger partial charge in [0.25, 0.3) is 5.91 Å². The first kappa shape index (κ1) is 15.3. The summed E-state index contributed by atoms with van der Waals surface area (Å²) in [6.45, 7) is 6.39. The lowest BCUT2D eigenvalue weighted by Crippen LogP contribution is -2.25. The number of benzene rings is 1. The first-order valence-corrected chi connectivity index (χ1v) is 7.61. The summed E-state index contributed by atoms with van der Waals surface area (Å²) in [5.74, 6) is 1.75. The zero-order chi connectivity index (χ0) is 16.6. The number of carbonyl (C=O) groups is 1. The average Bonchev–Trinajstić information content (AvgIpc) is 3.10. The van der Waals surface area contributed by atoms with Crippen LogP contribution in [0.3, 0.4) is 0 Å². The van der Waals surface area contributed by atoms with Gasteiger partial charge in [-0.15, -0.1) is 0 Å². The Kier molecular flexibility index (Phi) is 3.90. The fourth-order valence-electron chi connectivity index (χ4n) is 2.47. The number of hydrogen-bond acceptors (Lipinski definition) is 4. The lowest BCUT2D eigenvalue weighted by Gasteiger charge is -2.15. The lowest BCUT2D eigenvalue weighted by atomic mass is 10.1. The van der Waals surface area contributed by atoms with Gasteiger partial charge in [-0.25, -0.2) is 4.98 Å². The number of nitrogens with zero attached hydrogens (tertiary/aromatic N) is 3. The molecule has 6 nitrogen and oxygen atoms in total. The number of aromatic nitrogens is 3. The molecule has 3 aromatic rings. The maximum Gasteiger partial charge on any atom is 0.254 e. The molecule has 6 heteroatoms. The van der Waals surface area contributed by atoms with Crippen molar-refractivity contribution < 1.29 is 9.32 Å². The molecule has 23 heavy (non-hydrogen) atoms. The maximum absolute atomic E-state index is 12.6. The largest absolute Gasteiger partial charge is 0.359 e. The van der Waals surface area contributed by atoms with Crippen LogP contribution in [0.15, 0.2) is 28.8 Å². The third kappa shape index (κ3) is 3.11. The van der Waals surface area contributed by atoms with Crippen molar-refractivity contribution in [2.24, 2.45) is 0 Å². The highest BCUT2D eigenvalue weighted by atomic mass is 16.5. The summed E-state index contributed by atoms with van der Waals surface area (Å²) in [7, 11) is 1.75. The van der Waals surface area contributed by atoms with Crippen LogP contribution in [0.5, 0.6) is 0 Å². The molecule has 1 amide bonds. The second kappa shape index (κ2) is 5.87. The summed E-state index contributed by atoms with van der Waals surface area (Å²) in [6, 6.07) is 7.37. The Morgan fingerprint density at radius 3 is 2.83 bits per heavy atom. The van der Waals surface area contributed by atoms with Gasteiger partial charge in [0.1, 0.15) is 5.82 Å². The topological polar surface area (TPSA) is 75.0 Å². The molecule has 2 aromatic heterocycles. The van der Waals surface area contributed by atoms with Crippen LogP contribution in [0, 0.1) is 6.92 Å². The lowest BCUT2D eigenvalue weighted by molar-refractivity contribution is 0.0772. The molecule has 0 bridgehead atoms. The fourth-order valence-corrected chi connectivity index (χ4v) is 2.47. The number of fused-ring (bicyclic) bond motifs is 1. The van der Waals surface area contributed by atoms with Gasteiger partial charge in [-0.2, -0.15) is 0 Å². The van der Waals surface area contributed by atoms with E-state index in [-0.39, 0.29) is 5.91 Å². The highest BCUT2D eigenvalue weighted by molar-refractivity contribution is 5.97. The molecule has 1 N–H and O–H groups in total. The van der Waals surface area contributed by atoms with E-state index in [4.69, 9.17) is 4.52 Å². The van der Waals surface area contributed by atoms with Crippen LogP contribution < -0.4 is 0 Å². The number of nitrogens with one attached hydrogen (secondary N) is 1. The molecule has 0 aliphatic rings. The van der Waals surface area contributed by atoms with Crippen LogP contribution in [0.1, 0.15) is 47.4 Å². The SMILES string of the molecule is Cc1nc2ccc(C(=O)N(C)Cc3cc(C(C)C)no3)cc2[nH]1. The zero-order valence-electron chi connectivity index (χ0n) is 13.8. The van der Waals surface area contributed by atoms with E-state index in [0.29, 0.717) is 23.8 Å². The highest BCUT2D eigenvalue weighted by Gasteiger charge is 2.16. The summed E-state index contributed by atoms with van der Waals surface area (Å²) in [6.07, 6.45) is 0. The van der Waals surface area contributed by atoms with Crippen molar-refractivity contribution in [2.45, 2.75) is 33.2 Å². The molecule has 0 saturated carbocycles. The number of rotatable bonds is 4. The van der Waals surface area contributed by atoms with Crippen molar-refractivity contribution in [2.75, 3.05) is 7.05 Å². The number of H-pyrrole nitrogens is 1. The molecule has 3 rings (SSSR count). The minimum atomic E-state index is -0.0679. The molecule has 120 valence electrons. The van der Waals surface area contributed by atoms with Gasteiger partial charge in [0, 0.05) is 18.7 Å². The van der Waals surface area contributed by atoms with Crippen molar-refractivity contribution in [3.05, 3.63) is 47.1 Å². The number of carbonyl (C=O) groups excluding carboxylic acids is 1. The summed E-state index contributed by atoms with van der Waals surface area (Å²) in [4.78, 5) is 21.7. The first-order chi connectivity index (χ1) is 10.9. The average molecular weight is 312 g/mol. The molecule has 0 spiro atoms. The van der Waals surface area contributed by atoms with Crippen LogP contribution in [0.25, 0.3) is 11.0 Å². The Morgan fingerprint density at radius 2 is 2.13 bits per heavy atom. The molecular formula is C17H20N4O2. The minimum absolute atomic E-state index is 0.0679. The van der Waals surface area contributed by atoms with Crippen LogP contribution >= 0.6 is 0 Å². The van der Waals surface area contributed by atoms with E-state index in [1.54, 1.807) is 18.0 Å². The van der Waals surface area contributed by atoms with Crippen molar-refractivity contribution in [1.29, 1.82) is 0 Å². The van der Waals surface area contributed by atoms with Crippen molar-refractivity contribution >= 4 is 16.9 Å². The van der Waals surface area contributed by atoms with Crippen LogP contribution in [0.4, 0.5) is 0 Å². The monoisotopic (exact) mass is 312 g/mol. The summed E-state index contributed by atoms with van der Waals surface area (Å²) >= 11 is 0. The molecule has 0 fully saturated rings. The molecule has 0 saturated heterocycles. The Bertz CT molecular complexity index is 847. The minimum Gasteiger partial charge on any atom is -0.359 e. The molecule has 1 aromatic carbocycles. The van der Waals surface area contributed by atoms with Crippen LogP contribution in [-0.2, 0) is 6.54 Å². The molecule has 0 unspecified atom stereocenters. The number of imidazole rings is 1. The zero-order valence-corrected chi connectivity index (χ0v) is 13.8. The van der Waals surface area contributed by atoms with E-state index in [1.807, 2.05) is 25.1 Å². The predicted octanol–water partition coefficient (Wildman–Crippen LogP) is 3.25. The van der Waals surface area contributed by atoms with Crippen LogP contribution in [-0.4, -0.2) is 33.0 Å². The Hall–Kier alpha value is -2.63. The van der Waals surface area contributed by atoms with Gasteiger partial charge in [-0.3, -0.25) is 4.79 Å². The number of amides is 1. The van der Waals surface area contributed by atoms with Gasteiger partial charge in [-0.05, 0) is 31.0 Å². The van der Waals surface area contributed by atoms with Gasteiger partial charge < -0.3 is 14.4 Å². The van der Waals surface area contributed by atoms with E-state index >= 15 is 0 Å². The van der Waals surface area contributed by atoms with E-state index in [1.165, 1.54) is 0 Å². The standard InChI is InChI=1S/C17H20N4O2/c1-10(2)15-8-13(23-20-15)9-21(4)17(22)12-5-6-14-16(7-12)19-11(3)18-14/h5-8,10H,9H2,1-4H3,(H,18,19). The van der Waals surface area contributed by atoms with Gasteiger partial charge in [0.15, 0.2) is 5.76 Å². The maximum atomic E-state index is 12.6. The van der Waals surface area contributed by atoms with E-state index < -0.39 is 0 Å². The molecule has 0 aliphatic carbocycles. The quantitative estimate of drug-likeness (QED) is 0.802. The predicted molar refractivity (Wildman–Crippen MR) is 87.2 cm³/mol. The highest BCUT2D eigenvalue weighted by Crippen LogP contribution is 2.18. The Balaban J connectivity index is 1.77. The number of aryl methyl sites for hydroxylation is 1. The second-order valence-corrected chi connectivity index (χ2v) is 6.09.